The van der Waals surface area contributed by atoms with Crippen molar-refractivity contribution in [1.29, 1.82) is 0 Å². The molecule has 1 aliphatic carbocycles. The van der Waals surface area contributed by atoms with E-state index >= 15 is 0 Å². The molecule has 0 bridgehead atoms. The zero-order valence-electron chi connectivity index (χ0n) is 12.9. The number of hydrogen-bond acceptors (Lipinski definition) is 2. The summed E-state index contributed by atoms with van der Waals surface area (Å²) in [5.41, 5.74) is 0.339. The predicted octanol–water partition coefficient (Wildman–Crippen LogP) is 4.45. The molecule has 3 heteroatoms. The van der Waals surface area contributed by atoms with Gasteiger partial charge in [0.15, 0.2) is 5.17 Å². The lowest BCUT2D eigenvalue weighted by Crippen LogP contribution is -2.46. The largest absolute Gasteiger partial charge is 0.362 e. The molecule has 1 saturated carbocycles. The summed E-state index contributed by atoms with van der Waals surface area (Å²) in [7, 11) is 0. The first-order chi connectivity index (χ1) is 9.05. The minimum Gasteiger partial charge on any atom is -0.362 e. The molecule has 2 fully saturated rings. The van der Waals surface area contributed by atoms with Crippen LogP contribution in [0, 0.1) is 11.3 Å². The topological polar surface area (TPSA) is 24.4 Å². The van der Waals surface area contributed by atoms with Crippen molar-refractivity contribution in [1.82, 2.24) is 5.32 Å². The highest BCUT2D eigenvalue weighted by Gasteiger charge is 2.28. The van der Waals surface area contributed by atoms with Gasteiger partial charge in [0.2, 0.25) is 0 Å². The molecular formula is C16H30N2S. The van der Waals surface area contributed by atoms with Gasteiger partial charge in [-0.15, -0.1) is 0 Å². The molecule has 1 aliphatic heterocycles. The summed E-state index contributed by atoms with van der Waals surface area (Å²) < 4.78 is 0. The van der Waals surface area contributed by atoms with Crippen LogP contribution in [0.3, 0.4) is 0 Å². The maximum absolute atomic E-state index is 4.78. The summed E-state index contributed by atoms with van der Waals surface area (Å²) in [5, 5.41) is 4.83. The minimum atomic E-state index is 0.339. The van der Waals surface area contributed by atoms with E-state index in [4.69, 9.17) is 4.99 Å². The van der Waals surface area contributed by atoms with Crippen LogP contribution in [0.1, 0.15) is 65.7 Å². The molecule has 2 aliphatic rings. The highest BCUT2D eigenvalue weighted by Crippen LogP contribution is 2.29. The van der Waals surface area contributed by atoms with Gasteiger partial charge in [0.1, 0.15) is 0 Å². The van der Waals surface area contributed by atoms with Gasteiger partial charge in [-0.3, -0.25) is 4.99 Å². The molecule has 110 valence electrons. The standard InChI is InChI=1S/C16H30N2S/c1-16(2,3)14-10-12-19-15(18-14)17-11-6-9-13-7-4-5-8-13/h13-14H,4-12H2,1-3H3,(H,17,18). The second kappa shape index (κ2) is 7.01. The lowest BCUT2D eigenvalue weighted by molar-refractivity contribution is 0.290. The molecule has 19 heavy (non-hydrogen) atoms. The number of nitrogens with one attached hydrogen (secondary N) is 1. The molecule has 0 aromatic carbocycles. The third-order valence-corrected chi connectivity index (χ3v) is 5.45. The Morgan fingerprint density at radius 2 is 1.95 bits per heavy atom. The Balaban J connectivity index is 1.69. The third-order valence-electron chi connectivity index (χ3n) is 4.49. The summed E-state index contributed by atoms with van der Waals surface area (Å²) in [4.78, 5) is 4.78. The van der Waals surface area contributed by atoms with E-state index in [0.717, 1.165) is 12.5 Å². The van der Waals surface area contributed by atoms with Crippen LogP contribution in [0.25, 0.3) is 0 Å². The minimum absolute atomic E-state index is 0.339. The Morgan fingerprint density at radius 1 is 1.21 bits per heavy atom. The summed E-state index contributed by atoms with van der Waals surface area (Å²) in [6.07, 6.45) is 9.79. The zero-order chi connectivity index (χ0) is 13.7. The van der Waals surface area contributed by atoms with Gasteiger partial charge < -0.3 is 5.32 Å². The normalized spacial score (nSPS) is 27.7. The van der Waals surface area contributed by atoms with Gasteiger partial charge in [0, 0.05) is 18.3 Å². The summed E-state index contributed by atoms with van der Waals surface area (Å²) in [5.74, 6) is 2.23. The van der Waals surface area contributed by atoms with Crippen LogP contribution in [0.2, 0.25) is 0 Å². The molecule has 0 aromatic rings. The van der Waals surface area contributed by atoms with Gasteiger partial charge in [-0.05, 0) is 30.6 Å². The molecule has 1 N–H and O–H groups in total. The molecule has 0 aromatic heterocycles. The highest BCUT2D eigenvalue weighted by atomic mass is 32.2. The van der Waals surface area contributed by atoms with Crippen molar-refractivity contribution in [3.05, 3.63) is 0 Å². The molecule has 0 radical (unpaired) electrons. The van der Waals surface area contributed by atoms with E-state index in [9.17, 15) is 0 Å². The first-order valence-electron chi connectivity index (χ1n) is 7.99. The van der Waals surface area contributed by atoms with E-state index in [0.29, 0.717) is 11.5 Å². The number of hydrogen-bond donors (Lipinski definition) is 1. The first-order valence-corrected chi connectivity index (χ1v) is 8.98. The van der Waals surface area contributed by atoms with Crippen LogP contribution in [0.4, 0.5) is 0 Å². The fraction of sp³-hybridized carbons (Fsp3) is 0.938. The van der Waals surface area contributed by atoms with Crippen LogP contribution >= 0.6 is 11.8 Å². The quantitative estimate of drug-likeness (QED) is 0.770. The van der Waals surface area contributed by atoms with Crippen LogP contribution < -0.4 is 5.32 Å². The Hall–Kier alpha value is -0.180. The second-order valence-corrected chi connectivity index (χ2v) is 8.26. The number of amidine groups is 1. The van der Waals surface area contributed by atoms with Gasteiger partial charge in [0.05, 0.1) is 0 Å². The average Bonchev–Trinajstić information content (AvgIpc) is 2.87. The summed E-state index contributed by atoms with van der Waals surface area (Å²) >= 11 is 1.90. The van der Waals surface area contributed by atoms with Crippen molar-refractivity contribution < 1.29 is 0 Å². The van der Waals surface area contributed by atoms with Crippen molar-refractivity contribution in [3.63, 3.8) is 0 Å². The van der Waals surface area contributed by atoms with Crippen molar-refractivity contribution in [2.75, 3.05) is 12.3 Å². The molecule has 1 saturated heterocycles. The van der Waals surface area contributed by atoms with E-state index in [1.807, 2.05) is 11.8 Å². The fourth-order valence-electron chi connectivity index (χ4n) is 3.14. The molecule has 2 rings (SSSR count). The van der Waals surface area contributed by atoms with Crippen molar-refractivity contribution >= 4 is 16.9 Å². The third kappa shape index (κ3) is 5.02. The molecular weight excluding hydrogens is 252 g/mol. The van der Waals surface area contributed by atoms with Crippen molar-refractivity contribution in [2.45, 2.75) is 71.8 Å². The maximum Gasteiger partial charge on any atom is 0.156 e. The van der Waals surface area contributed by atoms with E-state index in [-0.39, 0.29) is 0 Å². The predicted molar refractivity (Wildman–Crippen MR) is 86.9 cm³/mol. The number of rotatable bonds is 4. The Kier molecular flexibility index (Phi) is 5.61. The molecule has 1 heterocycles. The average molecular weight is 282 g/mol. The summed E-state index contributed by atoms with van der Waals surface area (Å²) in [6.45, 7) is 7.97. The number of nitrogens with zero attached hydrogens (tertiary/aromatic N) is 1. The van der Waals surface area contributed by atoms with Gasteiger partial charge in [-0.2, -0.15) is 0 Å². The van der Waals surface area contributed by atoms with E-state index in [1.54, 1.807) is 0 Å². The SMILES string of the molecule is CC(C)(C)C1CCSC(=NCCCC2CCCC2)N1. The first kappa shape index (κ1) is 15.2. The zero-order valence-corrected chi connectivity index (χ0v) is 13.7. The molecule has 0 spiro atoms. The van der Waals surface area contributed by atoms with Crippen molar-refractivity contribution in [2.24, 2.45) is 16.3 Å². The van der Waals surface area contributed by atoms with Crippen LogP contribution in [0.15, 0.2) is 4.99 Å². The number of thioether (sulfide) groups is 1. The Bertz CT molecular complexity index is 300. The van der Waals surface area contributed by atoms with Crippen molar-refractivity contribution in [3.8, 4) is 0 Å². The number of aliphatic imine (C=N–C) groups is 1. The highest BCUT2D eigenvalue weighted by molar-refractivity contribution is 8.13. The lowest BCUT2D eigenvalue weighted by Gasteiger charge is -2.35. The second-order valence-electron chi connectivity index (χ2n) is 7.18. The fourth-order valence-corrected chi connectivity index (χ4v) is 4.09. The Morgan fingerprint density at radius 3 is 2.63 bits per heavy atom. The summed E-state index contributed by atoms with van der Waals surface area (Å²) in [6, 6.07) is 0.585. The van der Waals surface area contributed by atoms with E-state index < -0.39 is 0 Å². The van der Waals surface area contributed by atoms with E-state index in [1.165, 1.54) is 55.9 Å². The molecule has 1 atom stereocenters. The van der Waals surface area contributed by atoms with Gasteiger partial charge >= 0.3 is 0 Å². The molecule has 2 nitrogen and oxygen atoms in total. The van der Waals surface area contributed by atoms with Crippen LogP contribution in [-0.2, 0) is 0 Å². The van der Waals surface area contributed by atoms with Crippen LogP contribution in [-0.4, -0.2) is 23.5 Å². The smallest absolute Gasteiger partial charge is 0.156 e. The van der Waals surface area contributed by atoms with Gasteiger partial charge in [-0.25, -0.2) is 0 Å². The van der Waals surface area contributed by atoms with Gasteiger partial charge in [0.25, 0.3) is 0 Å². The molecule has 1 unspecified atom stereocenters. The van der Waals surface area contributed by atoms with E-state index in [2.05, 4.69) is 26.1 Å². The molecule has 0 amide bonds. The maximum atomic E-state index is 4.78. The lowest BCUT2D eigenvalue weighted by atomic mass is 9.85. The van der Waals surface area contributed by atoms with Crippen LogP contribution in [0.5, 0.6) is 0 Å². The Labute approximate surface area is 123 Å². The monoisotopic (exact) mass is 282 g/mol. The van der Waals surface area contributed by atoms with Gasteiger partial charge in [-0.1, -0.05) is 58.2 Å².